The van der Waals surface area contributed by atoms with Crippen LogP contribution in [0.1, 0.15) is 29.5 Å². The zero-order valence-corrected chi connectivity index (χ0v) is 10.9. The highest BCUT2D eigenvalue weighted by molar-refractivity contribution is 5.66. The molecule has 1 aromatic rings. The molecule has 0 fully saturated rings. The number of carboxylic acids is 1. The molecule has 0 aliphatic rings. The van der Waals surface area contributed by atoms with Crippen molar-refractivity contribution in [3.05, 3.63) is 34.9 Å². The van der Waals surface area contributed by atoms with E-state index in [1.165, 1.54) is 16.7 Å². The van der Waals surface area contributed by atoms with E-state index < -0.39 is 5.97 Å². The van der Waals surface area contributed by atoms with Crippen LogP contribution in [0, 0.1) is 13.8 Å². The molecule has 1 N–H and O–H groups in total. The summed E-state index contributed by atoms with van der Waals surface area (Å²) in [6, 6.07) is 6.32. The Kier molecular flexibility index (Phi) is 5.16. The lowest BCUT2D eigenvalue weighted by Crippen LogP contribution is -2.20. The van der Waals surface area contributed by atoms with Crippen LogP contribution in [-0.4, -0.2) is 29.6 Å². The second kappa shape index (κ2) is 6.40. The molecule has 0 radical (unpaired) electrons. The van der Waals surface area contributed by atoms with Gasteiger partial charge in [-0.1, -0.05) is 18.2 Å². The number of rotatable bonds is 6. The van der Waals surface area contributed by atoms with Gasteiger partial charge in [0.2, 0.25) is 0 Å². The van der Waals surface area contributed by atoms with Crippen LogP contribution < -0.4 is 0 Å². The van der Waals surface area contributed by atoms with Crippen LogP contribution in [0.4, 0.5) is 0 Å². The topological polar surface area (TPSA) is 40.5 Å². The highest BCUT2D eigenvalue weighted by atomic mass is 16.4. The number of hydrogen-bond acceptors (Lipinski definition) is 2. The largest absolute Gasteiger partial charge is 0.481 e. The molecule has 0 aliphatic carbocycles. The van der Waals surface area contributed by atoms with Crippen molar-refractivity contribution < 1.29 is 9.90 Å². The van der Waals surface area contributed by atoms with E-state index in [1.807, 2.05) is 7.05 Å². The van der Waals surface area contributed by atoms with E-state index in [4.69, 9.17) is 5.11 Å². The van der Waals surface area contributed by atoms with Crippen LogP contribution in [0.15, 0.2) is 18.2 Å². The number of carbonyl (C=O) groups is 1. The molecule has 94 valence electrons. The van der Waals surface area contributed by atoms with Crippen molar-refractivity contribution in [2.45, 2.75) is 33.2 Å². The summed E-state index contributed by atoms with van der Waals surface area (Å²) in [5.74, 6) is -0.717. The molecule has 0 aromatic heterocycles. The van der Waals surface area contributed by atoms with Gasteiger partial charge in [-0.2, -0.15) is 0 Å². The van der Waals surface area contributed by atoms with Crippen molar-refractivity contribution in [1.82, 2.24) is 4.90 Å². The van der Waals surface area contributed by atoms with Crippen molar-refractivity contribution in [1.29, 1.82) is 0 Å². The van der Waals surface area contributed by atoms with Gasteiger partial charge in [-0.25, -0.2) is 0 Å². The smallest absolute Gasteiger partial charge is 0.303 e. The second-order valence-corrected chi connectivity index (χ2v) is 4.59. The Hall–Kier alpha value is -1.35. The molecule has 3 heteroatoms. The lowest BCUT2D eigenvalue weighted by atomic mass is 10.0. The molecule has 1 rings (SSSR count). The summed E-state index contributed by atoms with van der Waals surface area (Å²) in [7, 11) is 2.03. The molecule has 0 saturated carbocycles. The highest BCUT2D eigenvalue weighted by Gasteiger charge is 2.05. The van der Waals surface area contributed by atoms with Crippen molar-refractivity contribution >= 4 is 5.97 Å². The monoisotopic (exact) mass is 235 g/mol. The Balaban J connectivity index is 2.47. The molecule has 0 amide bonds. The summed E-state index contributed by atoms with van der Waals surface area (Å²) in [6.07, 6.45) is 0.952. The van der Waals surface area contributed by atoms with Gasteiger partial charge in [-0.05, 0) is 50.6 Å². The number of carboxylic acid groups (broad SMARTS) is 1. The number of nitrogens with zero attached hydrogens (tertiary/aromatic N) is 1. The van der Waals surface area contributed by atoms with Gasteiger partial charge in [-0.15, -0.1) is 0 Å². The molecule has 0 atom stereocenters. The SMILES string of the molecule is Cc1cccc(CN(C)CCCC(=O)O)c1C. The quantitative estimate of drug-likeness (QED) is 0.824. The highest BCUT2D eigenvalue weighted by Crippen LogP contribution is 2.14. The number of aliphatic carboxylic acids is 1. The summed E-state index contributed by atoms with van der Waals surface area (Å²) in [5, 5.41) is 8.58. The first-order valence-corrected chi connectivity index (χ1v) is 5.96. The first kappa shape index (κ1) is 13.7. The van der Waals surface area contributed by atoms with E-state index in [1.54, 1.807) is 0 Å². The molecular formula is C14H21NO2. The normalized spacial score (nSPS) is 10.8. The Morgan fingerprint density at radius 2 is 2.06 bits per heavy atom. The zero-order valence-electron chi connectivity index (χ0n) is 10.9. The van der Waals surface area contributed by atoms with Gasteiger partial charge in [0.05, 0.1) is 0 Å². The van der Waals surface area contributed by atoms with E-state index in [-0.39, 0.29) is 6.42 Å². The first-order chi connectivity index (χ1) is 8.00. The third-order valence-electron chi connectivity index (χ3n) is 3.09. The molecule has 0 spiro atoms. The molecule has 0 bridgehead atoms. The fourth-order valence-electron chi connectivity index (χ4n) is 1.85. The fourth-order valence-corrected chi connectivity index (χ4v) is 1.85. The van der Waals surface area contributed by atoms with Crippen molar-refractivity contribution in [3.63, 3.8) is 0 Å². The molecule has 0 saturated heterocycles. The first-order valence-electron chi connectivity index (χ1n) is 5.96. The van der Waals surface area contributed by atoms with Crippen LogP contribution in [0.2, 0.25) is 0 Å². The van der Waals surface area contributed by atoms with Crippen molar-refractivity contribution in [3.8, 4) is 0 Å². The predicted octanol–water partition coefficient (Wildman–Crippen LogP) is 2.60. The van der Waals surface area contributed by atoms with Gasteiger partial charge in [0.15, 0.2) is 0 Å². The maximum Gasteiger partial charge on any atom is 0.303 e. The molecule has 0 heterocycles. The minimum atomic E-state index is -0.717. The summed E-state index contributed by atoms with van der Waals surface area (Å²) in [4.78, 5) is 12.6. The molecule has 3 nitrogen and oxygen atoms in total. The van der Waals surface area contributed by atoms with Crippen LogP contribution in [0.5, 0.6) is 0 Å². The number of aryl methyl sites for hydroxylation is 1. The van der Waals surface area contributed by atoms with E-state index in [0.29, 0.717) is 6.42 Å². The number of benzene rings is 1. The van der Waals surface area contributed by atoms with Gasteiger partial charge in [-0.3, -0.25) is 4.79 Å². The standard InChI is InChI=1S/C14H21NO2/c1-11-6-4-7-13(12(11)2)10-15(3)9-5-8-14(16)17/h4,6-7H,5,8-10H2,1-3H3,(H,16,17). The van der Waals surface area contributed by atoms with Gasteiger partial charge >= 0.3 is 5.97 Å². The summed E-state index contributed by atoms with van der Waals surface area (Å²) in [5.41, 5.74) is 3.96. The summed E-state index contributed by atoms with van der Waals surface area (Å²) < 4.78 is 0. The Labute approximate surface area is 103 Å². The van der Waals surface area contributed by atoms with Crippen LogP contribution in [0.3, 0.4) is 0 Å². The third kappa shape index (κ3) is 4.57. The lowest BCUT2D eigenvalue weighted by molar-refractivity contribution is -0.137. The van der Waals surface area contributed by atoms with Crippen LogP contribution in [-0.2, 0) is 11.3 Å². The third-order valence-corrected chi connectivity index (χ3v) is 3.09. The average molecular weight is 235 g/mol. The minimum absolute atomic E-state index is 0.247. The summed E-state index contributed by atoms with van der Waals surface area (Å²) in [6.45, 7) is 5.95. The maximum atomic E-state index is 10.4. The average Bonchev–Trinajstić information content (AvgIpc) is 2.24. The van der Waals surface area contributed by atoms with E-state index in [2.05, 4.69) is 36.9 Å². The Morgan fingerprint density at radius 3 is 2.71 bits per heavy atom. The molecule has 0 unspecified atom stereocenters. The van der Waals surface area contributed by atoms with E-state index in [0.717, 1.165) is 13.1 Å². The van der Waals surface area contributed by atoms with E-state index >= 15 is 0 Å². The minimum Gasteiger partial charge on any atom is -0.481 e. The van der Waals surface area contributed by atoms with Crippen LogP contribution in [0.25, 0.3) is 0 Å². The van der Waals surface area contributed by atoms with Gasteiger partial charge in [0.25, 0.3) is 0 Å². The second-order valence-electron chi connectivity index (χ2n) is 4.59. The molecule has 1 aromatic carbocycles. The lowest BCUT2D eigenvalue weighted by Gasteiger charge is -2.18. The van der Waals surface area contributed by atoms with Gasteiger partial charge in [0, 0.05) is 13.0 Å². The maximum absolute atomic E-state index is 10.4. The molecular weight excluding hydrogens is 214 g/mol. The molecule has 17 heavy (non-hydrogen) atoms. The fraction of sp³-hybridized carbons (Fsp3) is 0.500. The Morgan fingerprint density at radius 1 is 1.35 bits per heavy atom. The van der Waals surface area contributed by atoms with Crippen molar-refractivity contribution in [2.75, 3.05) is 13.6 Å². The molecule has 0 aliphatic heterocycles. The predicted molar refractivity (Wildman–Crippen MR) is 69.1 cm³/mol. The van der Waals surface area contributed by atoms with E-state index in [9.17, 15) is 4.79 Å². The van der Waals surface area contributed by atoms with Gasteiger partial charge in [0.1, 0.15) is 0 Å². The summed E-state index contributed by atoms with van der Waals surface area (Å²) >= 11 is 0. The van der Waals surface area contributed by atoms with Crippen molar-refractivity contribution in [2.24, 2.45) is 0 Å². The van der Waals surface area contributed by atoms with Gasteiger partial charge < -0.3 is 10.0 Å². The Bertz CT molecular complexity index is 388. The van der Waals surface area contributed by atoms with Crippen LogP contribution >= 0.6 is 0 Å². The zero-order chi connectivity index (χ0) is 12.8. The number of hydrogen-bond donors (Lipinski definition) is 1.